The zero-order valence-corrected chi connectivity index (χ0v) is 25.1. The van der Waals surface area contributed by atoms with E-state index in [1.807, 2.05) is 30.6 Å². The van der Waals surface area contributed by atoms with Crippen LogP contribution in [-0.4, -0.2) is 161 Å². The van der Waals surface area contributed by atoms with E-state index in [9.17, 15) is 29.1 Å². The lowest BCUT2D eigenvalue weighted by molar-refractivity contribution is -0.139. The third kappa shape index (κ3) is 17.7. The molecular weight excluding hydrogens is 562 g/mol. The first-order chi connectivity index (χ1) is 19.0. The van der Waals surface area contributed by atoms with E-state index in [1.165, 1.54) is 29.6 Å². The van der Waals surface area contributed by atoms with Crippen LogP contribution in [0.4, 0.5) is 0 Å². The summed E-state index contributed by atoms with van der Waals surface area (Å²) in [6, 6.07) is 0. The molecule has 13 nitrogen and oxygen atoms in total. The van der Waals surface area contributed by atoms with Gasteiger partial charge >= 0.3 is 17.9 Å². The van der Waals surface area contributed by atoms with Gasteiger partial charge in [-0.15, -0.1) is 0 Å². The van der Waals surface area contributed by atoms with Crippen LogP contribution < -0.4 is 10.6 Å². The molecule has 1 saturated carbocycles. The maximum Gasteiger partial charge on any atom is 0.317 e. The molecule has 15 heteroatoms. The lowest BCUT2D eigenvalue weighted by Crippen LogP contribution is -2.46. The first-order valence-electron chi connectivity index (χ1n) is 13.5. The quantitative estimate of drug-likeness (QED) is 0.0835. The fourth-order valence-electron chi connectivity index (χ4n) is 4.07. The van der Waals surface area contributed by atoms with Crippen molar-refractivity contribution >= 4 is 53.1 Å². The molecular formula is C25H45N5O8S2. The van der Waals surface area contributed by atoms with Crippen molar-refractivity contribution in [2.24, 2.45) is 0 Å². The fraction of sp³-hybridized carbons (Fsp3) is 0.800. The summed E-state index contributed by atoms with van der Waals surface area (Å²) < 4.78 is 0. The summed E-state index contributed by atoms with van der Waals surface area (Å²) in [5, 5.41) is 34.8. The van der Waals surface area contributed by atoms with Gasteiger partial charge in [0.05, 0.1) is 32.6 Å². The molecule has 0 heterocycles. The van der Waals surface area contributed by atoms with E-state index in [-0.39, 0.29) is 77.0 Å². The molecule has 0 saturated heterocycles. The van der Waals surface area contributed by atoms with Gasteiger partial charge in [0.2, 0.25) is 5.91 Å². The maximum absolute atomic E-state index is 12.5. The van der Waals surface area contributed by atoms with Crippen LogP contribution in [0.2, 0.25) is 0 Å². The van der Waals surface area contributed by atoms with Gasteiger partial charge in [0.25, 0.3) is 0 Å². The minimum atomic E-state index is -1.08. The van der Waals surface area contributed by atoms with Gasteiger partial charge in [0.15, 0.2) is 0 Å². The second kappa shape index (κ2) is 20.9. The fourth-order valence-corrected chi connectivity index (χ4v) is 7.00. The van der Waals surface area contributed by atoms with Gasteiger partial charge in [-0.05, 0) is 26.8 Å². The first kappa shape index (κ1) is 36.1. The average molecular weight is 608 g/mol. The Kier molecular flexibility index (Phi) is 18.9. The zero-order valence-electron chi connectivity index (χ0n) is 23.5. The number of ketones is 1. The molecule has 0 aliphatic heterocycles. The molecule has 1 rings (SSSR count). The van der Waals surface area contributed by atoms with E-state index < -0.39 is 17.9 Å². The number of rotatable bonds is 25. The summed E-state index contributed by atoms with van der Waals surface area (Å²) in [6.45, 7) is 3.17. The number of nitrogens with one attached hydrogen (secondary N) is 2. The van der Waals surface area contributed by atoms with Crippen LogP contribution in [0.25, 0.3) is 0 Å². The smallest absolute Gasteiger partial charge is 0.317 e. The van der Waals surface area contributed by atoms with Gasteiger partial charge in [-0.25, -0.2) is 0 Å². The number of carbonyl (C=O) groups excluding carboxylic acids is 2. The number of aliphatic carboxylic acids is 3. The number of carboxylic acid groups (broad SMARTS) is 3. The van der Waals surface area contributed by atoms with E-state index in [0.717, 1.165) is 18.1 Å². The topological polar surface area (TPSA) is 180 Å². The molecule has 0 aromatic carbocycles. The van der Waals surface area contributed by atoms with Crippen LogP contribution in [0, 0.1) is 0 Å². The van der Waals surface area contributed by atoms with Gasteiger partial charge in [-0.3, -0.25) is 33.8 Å². The molecule has 1 fully saturated rings. The number of amides is 1. The zero-order chi connectivity index (χ0) is 29.9. The molecule has 2 unspecified atom stereocenters. The van der Waals surface area contributed by atoms with Crippen molar-refractivity contribution in [1.29, 1.82) is 0 Å². The van der Waals surface area contributed by atoms with Crippen molar-refractivity contribution in [2.75, 3.05) is 90.5 Å². The highest BCUT2D eigenvalue weighted by atomic mass is 32.2. The van der Waals surface area contributed by atoms with Crippen molar-refractivity contribution in [2.45, 2.75) is 36.7 Å². The summed E-state index contributed by atoms with van der Waals surface area (Å²) in [5.74, 6) is -1.75. The number of carbonyl (C=O) groups is 5. The number of carboxylic acids is 3. The minimum Gasteiger partial charge on any atom is -0.481 e. The van der Waals surface area contributed by atoms with Crippen molar-refractivity contribution < 1.29 is 39.3 Å². The van der Waals surface area contributed by atoms with Crippen LogP contribution in [0.3, 0.4) is 0 Å². The standard InChI is InChI=1S/C25H45N5O8S2/c1-19(31)15-29(17-24(35)36)11-9-28(8-5-23(33)34)10-12-30(18-25(37)38)16-22(32)27-7-14-40-21-4-3-20(21)39-13-6-26-2/h20-21,26H,3-18H2,1-2H3,(H,27,32)(H,33,34)(H,35,36)(H,37,38). The Morgan fingerprint density at radius 2 is 1.20 bits per heavy atom. The summed E-state index contributed by atoms with van der Waals surface area (Å²) in [7, 11) is 1.94. The van der Waals surface area contributed by atoms with Gasteiger partial charge in [-0.1, -0.05) is 0 Å². The highest BCUT2D eigenvalue weighted by molar-refractivity contribution is 8.04. The monoisotopic (exact) mass is 607 g/mol. The summed E-state index contributed by atoms with van der Waals surface area (Å²) in [4.78, 5) is 62.4. The second-order valence-corrected chi connectivity index (χ2v) is 12.4. The molecule has 0 bridgehead atoms. The Morgan fingerprint density at radius 3 is 1.65 bits per heavy atom. The van der Waals surface area contributed by atoms with Gasteiger partial charge in [-0.2, -0.15) is 23.5 Å². The molecule has 2 atom stereocenters. The Morgan fingerprint density at radius 1 is 0.700 bits per heavy atom. The molecule has 0 aromatic heterocycles. The van der Waals surface area contributed by atoms with Crippen molar-refractivity contribution in [3.63, 3.8) is 0 Å². The van der Waals surface area contributed by atoms with Gasteiger partial charge in [0, 0.05) is 67.8 Å². The normalized spacial score (nSPS) is 16.7. The van der Waals surface area contributed by atoms with Crippen molar-refractivity contribution in [3.05, 3.63) is 0 Å². The van der Waals surface area contributed by atoms with E-state index in [1.54, 1.807) is 4.90 Å². The maximum atomic E-state index is 12.5. The molecule has 40 heavy (non-hydrogen) atoms. The van der Waals surface area contributed by atoms with E-state index in [0.29, 0.717) is 17.0 Å². The molecule has 0 radical (unpaired) electrons. The van der Waals surface area contributed by atoms with E-state index in [2.05, 4.69) is 10.6 Å². The molecule has 0 aromatic rings. The Hall–Kier alpha value is -1.91. The third-order valence-electron chi connectivity index (χ3n) is 6.23. The summed E-state index contributed by atoms with van der Waals surface area (Å²) >= 11 is 3.84. The molecule has 1 aliphatic carbocycles. The highest BCUT2D eigenvalue weighted by Gasteiger charge is 2.31. The number of hydrogen-bond donors (Lipinski definition) is 5. The van der Waals surface area contributed by atoms with Crippen LogP contribution >= 0.6 is 23.5 Å². The summed E-state index contributed by atoms with van der Waals surface area (Å²) in [6.07, 6.45) is 2.25. The van der Waals surface area contributed by atoms with E-state index >= 15 is 0 Å². The summed E-state index contributed by atoms with van der Waals surface area (Å²) in [5.41, 5.74) is 0. The van der Waals surface area contributed by atoms with Gasteiger partial charge in [0.1, 0.15) is 5.78 Å². The number of hydrogen-bond acceptors (Lipinski definition) is 11. The third-order valence-corrected chi connectivity index (χ3v) is 9.27. The number of thioether (sulfide) groups is 2. The SMILES string of the molecule is CNCCSC1CCC1SCCNC(=O)CN(CCN(CCC(=O)O)CCN(CC(C)=O)CC(=O)O)CC(=O)O. The highest BCUT2D eigenvalue weighted by Crippen LogP contribution is 2.39. The Balaban J connectivity index is 2.54. The molecule has 0 spiro atoms. The van der Waals surface area contributed by atoms with Crippen molar-refractivity contribution in [3.8, 4) is 0 Å². The Labute approximate surface area is 244 Å². The molecule has 230 valence electrons. The molecule has 1 aliphatic rings. The number of nitrogens with zero attached hydrogens (tertiary/aromatic N) is 3. The minimum absolute atomic E-state index is 0.0424. The number of Topliss-reactive ketones (excluding diaryl/α,β-unsaturated/α-hetero) is 1. The van der Waals surface area contributed by atoms with Crippen LogP contribution in [0.5, 0.6) is 0 Å². The average Bonchev–Trinajstić information content (AvgIpc) is 2.83. The molecule has 1 amide bonds. The Bertz CT molecular complexity index is 806. The van der Waals surface area contributed by atoms with Crippen LogP contribution in [-0.2, 0) is 24.0 Å². The lowest BCUT2D eigenvalue weighted by atomic mass is 9.99. The van der Waals surface area contributed by atoms with Gasteiger partial charge < -0.3 is 30.9 Å². The predicted octanol–water partition coefficient (Wildman–Crippen LogP) is -0.542. The van der Waals surface area contributed by atoms with E-state index in [4.69, 9.17) is 10.2 Å². The molecule has 5 N–H and O–H groups in total. The van der Waals surface area contributed by atoms with Crippen molar-refractivity contribution in [1.82, 2.24) is 25.3 Å². The van der Waals surface area contributed by atoms with Crippen LogP contribution in [0.1, 0.15) is 26.2 Å². The lowest BCUT2D eigenvalue weighted by Gasteiger charge is -2.35. The largest absolute Gasteiger partial charge is 0.481 e. The second-order valence-electron chi connectivity index (χ2n) is 9.75. The predicted molar refractivity (Wildman–Crippen MR) is 156 cm³/mol. The van der Waals surface area contributed by atoms with Crippen LogP contribution in [0.15, 0.2) is 0 Å². The first-order valence-corrected chi connectivity index (χ1v) is 15.6.